The van der Waals surface area contributed by atoms with Crippen LogP contribution in [-0.4, -0.2) is 45.9 Å². The van der Waals surface area contributed by atoms with E-state index in [9.17, 15) is 4.39 Å². The van der Waals surface area contributed by atoms with E-state index in [1.807, 2.05) is 18.4 Å². The second-order valence-corrected chi connectivity index (χ2v) is 6.71. The number of aromatic nitrogens is 4. The van der Waals surface area contributed by atoms with E-state index in [2.05, 4.69) is 22.9 Å². The van der Waals surface area contributed by atoms with E-state index in [1.54, 1.807) is 6.07 Å². The first-order valence-corrected chi connectivity index (χ1v) is 8.85. The third kappa shape index (κ3) is 2.92. The number of aryl methyl sites for hydroxylation is 2. The van der Waals surface area contributed by atoms with Crippen LogP contribution < -0.4 is 4.90 Å². The molecule has 1 atom stereocenters. The minimum Gasteiger partial charge on any atom is -0.378 e. The number of halogens is 1. The average molecular weight is 355 g/mol. The van der Waals surface area contributed by atoms with E-state index in [0.717, 1.165) is 47.2 Å². The zero-order chi connectivity index (χ0) is 18.3. The first-order valence-electron chi connectivity index (χ1n) is 8.85. The fourth-order valence-electron chi connectivity index (χ4n) is 3.56. The summed E-state index contributed by atoms with van der Waals surface area (Å²) in [4.78, 5) is 11.3. The van der Waals surface area contributed by atoms with Crippen molar-refractivity contribution < 1.29 is 9.13 Å². The number of nitrogens with zero attached hydrogens (tertiary/aromatic N) is 5. The van der Waals surface area contributed by atoms with Gasteiger partial charge in [-0.05, 0) is 26.0 Å². The van der Waals surface area contributed by atoms with Crippen molar-refractivity contribution in [3.05, 3.63) is 52.9 Å². The highest BCUT2D eigenvalue weighted by Crippen LogP contribution is 2.31. The maximum atomic E-state index is 13.2. The molecule has 4 heterocycles. The Morgan fingerprint density at radius 3 is 2.65 bits per heavy atom. The van der Waals surface area contributed by atoms with E-state index in [1.165, 1.54) is 12.3 Å². The second kappa shape index (κ2) is 6.64. The number of fused-ring (bicyclic) bond motifs is 1. The minimum absolute atomic E-state index is 0.0278. The van der Waals surface area contributed by atoms with Crippen molar-refractivity contribution in [1.29, 1.82) is 0 Å². The summed E-state index contributed by atoms with van der Waals surface area (Å²) in [6, 6.07) is 5.23. The molecule has 0 bridgehead atoms. The summed E-state index contributed by atoms with van der Waals surface area (Å²) in [6.07, 6.45) is 1.25. The first kappa shape index (κ1) is 16.9. The monoisotopic (exact) mass is 355 g/mol. The van der Waals surface area contributed by atoms with Gasteiger partial charge in [0.15, 0.2) is 5.65 Å². The van der Waals surface area contributed by atoms with E-state index in [4.69, 9.17) is 14.8 Å². The Balaban J connectivity index is 1.84. The Morgan fingerprint density at radius 1 is 1.19 bits per heavy atom. The molecular formula is C19H22FN5O. The number of rotatable bonds is 3. The molecule has 1 saturated heterocycles. The molecule has 0 radical (unpaired) electrons. The van der Waals surface area contributed by atoms with Crippen LogP contribution in [0.4, 0.5) is 10.2 Å². The van der Waals surface area contributed by atoms with Gasteiger partial charge in [-0.25, -0.2) is 9.37 Å². The molecule has 6 nitrogen and oxygen atoms in total. The predicted octanol–water partition coefficient (Wildman–Crippen LogP) is 2.87. The van der Waals surface area contributed by atoms with Crippen LogP contribution in [0.2, 0.25) is 0 Å². The van der Waals surface area contributed by atoms with Crippen molar-refractivity contribution in [2.45, 2.75) is 26.7 Å². The number of hydrogen-bond acceptors (Lipinski definition) is 5. The van der Waals surface area contributed by atoms with Crippen LogP contribution in [0.3, 0.4) is 0 Å². The zero-order valence-corrected chi connectivity index (χ0v) is 15.2. The van der Waals surface area contributed by atoms with Crippen molar-refractivity contribution in [2.24, 2.45) is 0 Å². The summed E-state index contributed by atoms with van der Waals surface area (Å²) in [5.74, 6) is 0.672. The number of morpholine rings is 1. The summed E-state index contributed by atoms with van der Waals surface area (Å²) in [6.45, 7) is 9.14. The molecule has 0 aliphatic carbocycles. The van der Waals surface area contributed by atoms with Gasteiger partial charge in [-0.15, -0.1) is 0 Å². The lowest BCUT2D eigenvalue weighted by atomic mass is 9.97. The lowest BCUT2D eigenvalue weighted by Crippen LogP contribution is -2.37. The lowest BCUT2D eigenvalue weighted by Gasteiger charge is -2.29. The highest BCUT2D eigenvalue weighted by molar-refractivity contribution is 5.60. The number of hydrogen-bond donors (Lipinski definition) is 0. The molecule has 3 aromatic rings. The van der Waals surface area contributed by atoms with Crippen LogP contribution in [0.1, 0.15) is 35.5 Å². The summed E-state index contributed by atoms with van der Waals surface area (Å²) in [5, 5.41) is 4.76. The van der Waals surface area contributed by atoms with Crippen molar-refractivity contribution >= 4 is 11.5 Å². The zero-order valence-electron chi connectivity index (χ0n) is 15.2. The third-order valence-corrected chi connectivity index (χ3v) is 4.88. The summed E-state index contributed by atoms with van der Waals surface area (Å²) in [5.41, 5.74) is 4.53. The molecule has 0 amide bonds. The molecule has 0 aromatic carbocycles. The highest BCUT2D eigenvalue weighted by Gasteiger charge is 2.23. The molecule has 4 rings (SSSR count). The smallest absolute Gasteiger partial charge is 0.161 e. The third-order valence-electron chi connectivity index (χ3n) is 4.88. The molecule has 0 saturated carbocycles. The lowest BCUT2D eigenvalue weighted by molar-refractivity contribution is 0.122. The largest absolute Gasteiger partial charge is 0.378 e. The molecule has 7 heteroatoms. The summed E-state index contributed by atoms with van der Waals surface area (Å²) in [7, 11) is 0. The topological polar surface area (TPSA) is 55.6 Å². The standard InChI is InChI=1S/C19H22FN5O/c1-12-10-17(24-6-8-26-9-7-24)25-19(22-12)18(14(3)23-25)13(2)16-5-4-15(20)11-21-16/h4-5,10-11,13H,6-9H2,1-3H3/t13-/m1/s1. The van der Waals surface area contributed by atoms with E-state index in [0.29, 0.717) is 13.2 Å². The van der Waals surface area contributed by atoms with E-state index >= 15 is 0 Å². The molecule has 1 fully saturated rings. The van der Waals surface area contributed by atoms with E-state index in [-0.39, 0.29) is 11.7 Å². The van der Waals surface area contributed by atoms with Crippen molar-refractivity contribution in [3.8, 4) is 0 Å². The van der Waals surface area contributed by atoms with Gasteiger partial charge in [0, 0.05) is 42.0 Å². The molecule has 0 spiro atoms. The van der Waals surface area contributed by atoms with Crippen LogP contribution in [-0.2, 0) is 4.74 Å². The van der Waals surface area contributed by atoms with Crippen molar-refractivity contribution in [1.82, 2.24) is 19.6 Å². The highest BCUT2D eigenvalue weighted by atomic mass is 19.1. The van der Waals surface area contributed by atoms with Gasteiger partial charge in [-0.1, -0.05) is 6.92 Å². The summed E-state index contributed by atoms with van der Waals surface area (Å²) >= 11 is 0. The van der Waals surface area contributed by atoms with Gasteiger partial charge in [0.05, 0.1) is 25.1 Å². The average Bonchev–Trinajstić information content (AvgIpc) is 2.97. The number of pyridine rings is 1. The number of anilines is 1. The minimum atomic E-state index is -0.332. The molecule has 136 valence electrons. The van der Waals surface area contributed by atoms with Crippen LogP contribution in [0.15, 0.2) is 24.4 Å². The van der Waals surface area contributed by atoms with Crippen LogP contribution >= 0.6 is 0 Å². The molecule has 0 unspecified atom stereocenters. The van der Waals surface area contributed by atoms with Crippen LogP contribution in [0, 0.1) is 19.7 Å². The molecular weight excluding hydrogens is 333 g/mol. The Morgan fingerprint density at radius 2 is 1.96 bits per heavy atom. The van der Waals surface area contributed by atoms with Gasteiger partial charge in [0.25, 0.3) is 0 Å². The maximum Gasteiger partial charge on any atom is 0.161 e. The quantitative estimate of drug-likeness (QED) is 0.723. The Hall–Kier alpha value is -2.54. The molecule has 0 N–H and O–H groups in total. The first-order chi connectivity index (χ1) is 12.5. The molecule has 1 aliphatic rings. The van der Waals surface area contributed by atoms with Crippen LogP contribution in [0.5, 0.6) is 0 Å². The van der Waals surface area contributed by atoms with Gasteiger partial charge in [-0.2, -0.15) is 9.61 Å². The van der Waals surface area contributed by atoms with Gasteiger partial charge >= 0.3 is 0 Å². The van der Waals surface area contributed by atoms with Crippen molar-refractivity contribution in [3.63, 3.8) is 0 Å². The Labute approximate surface area is 151 Å². The van der Waals surface area contributed by atoms with Crippen LogP contribution in [0.25, 0.3) is 5.65 Å². The SMILES string of the molecule is Cc1cc(N2CCOCC2)n2nc(C)c([C@H](C)c3ccc(F)cn3)c2n1. The fourth-order valence-corrected chi connectivity index (χ4v) is 3.56. The molecule has 3 aromatic heterocycles. The Bertz CT molecular complexity index is 931. The summed E-state index contributed by atoms with van der Waals surface area (Å²) < 4.78 is 20.6. The van der Waals surface area contributed by atoms with Crippen molar-refractivity contribution in [2.75, 3.05) is 31.2 Å². The predicted molar refractivity (Wildman–Crippen MR) is 97.2 cm³/mol. The second-order valence-electron chi connectivity index (χ2n) is 6.71. The van der Waals surface area contributed by atoms with E-state index < -0.39 is 0 Å². The maximum absolute atomic E-state index is 13.2. The van der Waals surface area contributed by atoms with Gasteiger partial charge in [0.1, 0.15) is 11.6 Å². The van der Waals surface area contributed by atoms with Gasteiger partial charge < -0.3 is 9.64 Å². The molecule has 1 aliphatic heterocycles. The van der Waals surface area contributed by atoms with Gasteiger partial charge in [0.2, 0.25) is 0 Å². The Kier molecular flexibility index (Phi) is 4.32. The normalized spacial score (nSPS) is 16.2. The van der Waals surface area contributed by atoms with Gasteiger partial charge in [-0.3, -0.25) is 4.98 Å². The molecule has 26 heavy (non-hydrogen) atoms. The fraction of sp³-hybridized carbons (Fsp3) is 0.421. The number of ether oxygens (including phenoxy) is 1.